The smallest absolute Gasteiger partial charge is 0.280 e. The Balaban J connectivity index is 1.63. The fourth-order valence-electron chi connectivity index (χ4n) is 6.20. The van der Waals surface area contributed by atoms with Crippen molar-refractivity contribution >= 4 is 27.5 Å². The summed E-state index contributed by atoms with van der Waals surface area (Å²) in [4.78, 5) is 35.0. The summed E-state index contributed by atoms with van der Waals surface area (Å²) in [6.07, 6.45) is 9.78. The van der Waals surface area contributed by atoms with Gasteiger partial charge in [-0.05, 0) is 64.2 Å². The third kappa shape index (κ3) is 9.22. The fourth-order valence-corrected chi connectivity index (χ4v) is 7.24. The van der Waals surface area contributed by atoms with Crippen molar-refractivity contribution in [2.45, 2.75) is 95.4 Å². The Morgan fingerprint density at radius 3 is 2.54 bits per heavy atom. The first-order valence-electron chi connectivity index (χ1n) is 16.5. The van der Waals surface area contributed by atoms with E-state index in [1.165, 1.54) is 29.6 Å². The number of hydrogen-bond donors (Lipinski definition) is 2. The second kappa shape index (κ2) is 16.1. The highest BCUT2D eigenvalue weighted by Gasteiger charge is 2.32. The van der Waals surface area contributed by atoms with Crippen LogP contribution in [0, 0.1) is 11.8 Å². The van der Waals surface area contributed by atoms with E-state index >= 15 is 0 Å². The van der Waals surface area contributed by atoms with E-state index in [1.807, 2.05) is 20.9 Å². The summed E-state index contributed by atoms with van der Waals surface area (Å²) in [5, 5.41) is 10.1. The van der Waals surface area contributed by atoms with Crippen molar-refractivity contribution in [3.63, 3.8) is 0 Å². The first kappa shape index (κ1) is 35.7. The molecule has 1 aliphatic heterocycles. The monoisotopic (exact) mass is 661 g/mol. The third-order valence-corrected chi connectivity index (χ3v) is 10.3. The van der Waals surface area contributed by atoms with Gasteiger partial charge in [-0.25, -0.2) is 4.98 Å². The van der Waals surface area contributed by atoms with Crippen LogP contribution in [0.25, 0.3) is 0 Å². The highest BCUT2D eigenvalue weighted by atomic mass is 32.2. The number of aliphatic hydroxyl groups excluding tert-OH is 1. The maximum Gasteiger partial charge on any atom is 0.280 e. The number of nitrogens with one attached hydrogen (secondary N) is 1. The van der Waals surface area contributed by atoms with E-state index in [1.54, 1.807) is 35.9 Å². The Labute approximate surface area is 273 Å². The van der Waals surface area contributed by atoms with E-state index in [2.05, 4.69) is 9.71 Å². The van der Waals surface area contributed by atoms with Crippen LogP contribution in [0.4, 0.5) is 5.69 Å². The van der Waals surface area contributed by atoms with E-state index in [4.69, 9.17) is 9.47 Å². The van der Waals surface area contributed by atoms with Gasteiger partial charge in [0.25, 0.3) is 15.9 Å². The zero-order chi connectivity index (χ0) is 33.4. The lowest BCUT2D eigenvalue weighted by Gasteiger charge is -2.36. The molecule has 2 aliphatic rings. The Morgan fingerprint density at radius 2 is 1.87 bits per heavy atom. The average molecular weight is 662 g/mol. The number of sulfonamides is 1. The molecule has 0 radical (unpaired) electrons. The minimum absolute atomic E-state index is 0.0438. The van der Waals surface area contributed by atoms with Crippen molar-refractivity contribution in [3.8, 4) is 5.75 Å². The summed E-state index contributed by atoms with van der Waals surface area (Å²) in [5.74, 6) is -0.0632. The average Bonchev–Trinajstić information content (AvgIpc) is 3.49. The third-order valence-electron chi connectivity index (χ3n) is 9.04. The van der Waals surface area contributed by atoms with Crippen LogP contribution in [0.5, 0.6) is 5.75 Å². The van der Waals surface area contributed by atoms with E-state index in [0.717, 1.165) is 44.9 Å². The molecule has 12 nitrogen and oxygen atoms in total. The molecule has 256 valence electrons. The van der Waals surface area contributed by atoms with Crippen LogP contribution in [0.15, 0.2) is 35.7 Å². The molecular formula is C33H51N5O7S. The van der Waals surface area contributed by atoms with Gasteiger partial charge < -0.3 is 28.9 Å². The fraction of sp³-hybridized carbons (Fsp3) is 0.667. The molecule has 1 aromatic heterocycles. The van der Waals surface area contributed by atoms with Crippen molar-refractivity contribution in [2.24, 2.45) is 18.9 Å². The molecule has 46 heavy (non-hydrogen) atoms. The topological polar surface area (TPSA) is 143 Å². The summed E-state index contributed by atoms with van der Waals surface area (Å²) < 4.78 is 42.8. The predicted octanol–water partition coefficient (Wildman–Crippen LogP) is 4.06. The Hall–Kier alpha value is -3.16. The number of aliphatic hydroxyl groups is 1. The number of carbonyl (C=O) groups excluding carboxylic acids is 2. The molecule has 2 aromatic rings. The number of benzene rings is 1. The zero-order valence-electron chi connectivity index (χ0n) is 27.9. The van der Waals surface area contributed by atoms with Crippen molar-refractivity contribution in [1.82, 2.24) is 19.4 Å². The summed E-state index contributed by atoms with van der Waals surface area (Å²) >= 11 is 0. The number of carbonyl (C=O) groups is 2. The van der Waals surface area contributed by atoms with Gasteiger partial charge in [-0.15, -0.1) is 0 Å². The molecule has 1 saturated carbocycles. The van der Waals surface area contributed by atoms with Gasteiger partial charge in [0, 0.05) is 57.5 Å². The number of anilines is 1. The number of imidazole rings is 1. The highest BCUT2D eigenvalue weighted by molar-refractivity contribution is 7.92. The lowest BCUT2D eigenvalue weighted by atomic mass is 9.88. The van der Waals surface area contributed by atoms with E-state index in [9.17, 15) is 23.1 Å². The number of likely N-dealkylation sites (N-methyl/N-ethyl adjacent to an activating group) is 1. The van der Waals surface area contributed by atoms with Gasteiger partial charge in [0.1, 0.15) is 5.75 Å². The summed E-state index contributed by atoms with van der Waals surface area (Å²) in [6, 6.07) is 4.09. The molecule has 0 unspecified atom stereocenters. The SMILES string of the molecule is C[C@@H]1CN([C@H](C)CO)C(=O)c2cc(NS(=O)(=O)c3cn(C)cn3)ccc2O[C@@H](C)CCCCO[C@@H]1CN(C)C(=O)C1CCCCC1. The molecule has 1 aliphatic carbocycles. The number of aryl methyl sites for hydroxylation is 1. The van der Waals surface area contributed by atoms with Gasteiger partial charge in [0.15, 0.2) is 5.03 Å². The predicted molar refractivity (Wildman–Crippen MR) is 175 cm³/mol. The Morgan fingerprint density at radius 1 is 1.15 bits per heavy atom. The Bertz CT molecular complexity index is 1430. The van der Waals surface area contributed by atoms with E-state index in [0.29, 0.717) is 18.9 Å². The molecule has 0 bridgehead atoms. The molecule has 1 aromatic carbocycles. The number of hydrogen-bond acceptors (Lipinski definition) is 8. The molecule has 0 saturated heterocycles. The molecule has 4 rings (SSSR count). The van der Waals surface area contributed by atoms with Crippen LogP contribution in [0.1, 0.15) is 82.5 Å². The lowest BCUT2D eigenvalue weighted by Crippen LogP contribution is -2.48. The number of rotatable bonds is 8. The Kier molecular flexibility index (Phi) is 12.5. The van der Waals surface area contributed by atoms with Crippen molar-refractivity contribution in [1.29, 1.82) is 0 Å². The van der Waals surface area contributed by atoms with Crippen molar-refractivity contribution in [2.75, 3.05) is 38.1 Å². The maximum atomic E-state index is 14.3. The molecule has 2 N–H and O–H groups in total. The maximum absolute atomic E-state index is 14.3. The quantitative estimate of drug-likeness (QED) is 0.432. The minimum Gasteiger partial charge on any atom is -0.490 e. The largest absolute Gasteiger partial charge is 0.490 e. The second-order valence-electron chi connectivity index (χ2n) is 13.0. The molecule has 1 fully saturated rings. The summed E-state index contributed by atoms with van der Waals surface area (Å²) in [6.45, 7) is 6.59. The number of ether oxygens (including phenoxy) is 2. The van der Waals surface area contributed by atoms with Gasteiger partial charge in [-0.1, -0.05) is 26.2 Å². The van der Waals surface area contributed by atoms with E-state index in [-0.39, 0.29) is 59.4 Å². The molecule has 0 spiro atoms. The van der Waals surface area contributed by atoms with Gasteiger partial charge in [-0.3, -0.25) is 14.3 Å². The molecule has 2 amide bonds. The van der Waals surface area contributed by atoms with Gasteiger partial charge in [0.05, 0.1) is 36.7 Å². The standard InChI is InChI=1S/C33H51N5O7S/c1-23-18-38(24(2)21-39)33(41)28-17-27(35-46(42,43)31-20-36(4)22-34-31)14-15-29(28)45-25(3)11-9-10-16-44-30(23)19-37(5)32(40)26-12-7-6-8-13-26/h14-15,17,20,22-26,30,35,39H,6-13,16,18-19,21H2,1-5H3/t23-,24-,25+,30-/m1/s1. The van der Waals surface area contributed by atoms with Gasteiger partial charge >= 0.3 is 0 Å². The van der Waals surface area contributed by atoms with E-state index < -0.39 is 22.0 Å². The molecule has 13 heteroatoms. The van der Waals surface area contributed by atoms with Crippen LogP contribution in [0.3, 0.4) is 0 Å². The normalized spacial score (nSPS) is 23.1. The number of fused-ring (bicyclic) bond motifs is 1. The lowest BCUT2D eigenvalue weighted by molar-refractivity contribution is -0.137. The van der Waals surface area contributed by atoms with Crippen LogP contribution < -0.4 is 9.46 Å². The second-order valence-corrected chi connectivity index (χ2v) is 14.7. The van der Waals surface area contributed by atoms with Crippen LogP contribution >= 0.6 is 0 Å². The number of amides is 2. The van der Waals surface area contributed by atoms with Crippen LogP contribution in [-0.2, 0) is 26.6 Å². The summed E-state index contributed by atoms with van der Waals surface area (Å²) in [5.41, 5.74) is 0.364. The molecule has 4 atom stereocenters. The van der Waals surface area contributed by atoms with Crippen LogP contribution in [-0.4, -0.2) is 96.3 Å². The summed E-state index contributed by atoms with van der Waals surface area (Å²) in [7, 11) is -0.500. The first-order valence-corrected chi connectivity index (χ1v) is 18.0. The van der Waals surface area contributed by atoms with Gasteiger partial charge in [-0.2, -0.15) is 8.42 Å². The molecule has 2 heterocycles. The zero-order valence-corrected chi connectivity index (χ0v) is 28.7. The van der Waals surface area contributed by atoms with Gasteiger partial charge in [0.2, 0.25) is 5.91 Å². The minimum atomic E-state index is -4.01. The van der Waals surface area contributed by atoms with Crippen molar-refractivity contribution < 1.29 is 32.6 Å². The van der Waals surface area contributed by atoms with Crippen molar-refractivity contribution in [3.05, 3.63) is 36.3 Å². The number of nitrogens with zero attached hydrogens (tertiary/aromatic N) is 4. The molecular weight excluding hydrogens is 610 g/mol. The number of aromatic nitrogens is 2. The first-order chi connectivity index (χ1) is 21.9. The van der Waals surface area contributed by atoms with Crippen LogP contribution in [0.2, 0.25) is 0 Å². The highest BCUT2D eigenvalue weighted by Crippen LogP contribution is 2.30.